The van der Waals surface area contributed by atoms with Gasteiger partial charge in [0.05, 0.1) is 0 Å². The Morgan fingerprint density at radius 1 is 1.33 bits per heavy atom. The number of nitrogens with two attached hydrogens (primary N) is 1. The molecule has 3 rings (SSSR count). The zero-order valence-electron chi connectivity index (χ0n) is 11.7. The summed E-state index contributed by atoms with van der Waals surface area (Å²) < 4.78 is 0. The van der Waals surface area contributed by atoms with Crippen molar-refractivity contribution in [1.29, 1.82) is 0 Å². The summed E-state index contributed by atoms with van der Waals surface area (Å²) in [5.41, 5.74) is 6.68. The number of hydrogen-bond donors (Lipinski definition) is 2. The molecule has 0 amide bonds. The average Bonchev–Trinajstić information content (AvgIpc) is 2.55. The minimum Gasteiger partial charge on any atom is -0.326 e. The van der Waals surface area contributed by atoms with E-state index in [9.17, 15) is 4.79 Å². The number of carbonyl (C=O) groups excluding carboxylic acids is 1. The molecule has 3 N–H and O–H groups in total. The lowest BCUT2D eigenvalue weighted by Crippen LogP contribution is -2.26. The number of nitrogens with one attached hydrogen (secondary N) is 1. The van der Waals surface area contributed by atoms with Gasteiger partial charge in [0.2, 0.25) is 0 Å². The monoisotopic (exact) mass is 282 g/mol. The van der Waals surface area contributed by atoms with Crippen LogP contribution in [0.1, 0.15) is 27.9 Å². The molecule has 1 aliphatic heterocycles. The number of hydrazine groups is 1. The predicted octanol–water partition coefficient (Wildman–Crippen LogP) is 1.94. The quantitative estimate of drug-likeness (QED) is 0.509. The molecule has 0 unspecified atom stereocenters. The molecule has 5 heteroatoms. The van der Waals surface area contributed by atoms with Gasteiger partial charge in [-0.05, 0) is 42.2 Å². The number of nitrogens with zero attached hydrogens (tertiary/aromatic N) is 2. The van der Waals surface area contributed by atoms with Crippen LogP contribution in [0.5, 0.6) is 0 Å². The summed E-state index contributed by atoms with van der Waals surface area (Å²) in [6.45, 7) is 1.59. The Labute approximate surface area is 123 Å². The van der Waals surface area contributed by atoms with Crippen LogP contribution in [0.25, 0.3) is 0 Å². The molecular weight excluding hydrogens is 264 g/mol. The number of anilines is 2. The van der Waals surface area contributed by atoms with Crippen molar-refractivity contribution in [2.24, 2.45) is 5.84 Å². The van der Waals surface area contributed by atoms with Crippen molar-refractivity contribution in [3.8, 4) is 0 Å². The van der Waals surface area contributed by atoms with Crippen LogP contribution in [0, 0.1) is 0 Å². The van der Waals surface area contributed by atoms with Gasteiger partial charge in [0, 0.05) is 30.5 Å². The first kappa shape index (κ1) is 13.7. The van der Waals surface area contributed by atoms with Crippen molar-refractivity contribution in [1.82, 2.24) is 10.4 Å². The third-order valence-corrected chi connectivity index (χ3v) is 3.74. The van der Waals surface area contributed by atoms with Gasteiger partial charge >= 0.3 is 0 Å². The maximum atomic E-state index is 10.9. The van der Waals surface area contributed by atoms with E-state index in [1.807, 2.05) is 6.07 Å². The molecule has 0 saturated heterocycles. The Bertz CT molecular complexity index is 639. The van der Waals surface area contributed by atoms with Crippen LogP contribution in [-0.4, -0.2) is 17.8 Å². The Morgan fingerprint density at radius 2 is 2.14 bits per heavy atom. The fourth-order valence-electron chi connectivity index (χ4n) is 2.71. The maximum Gasteiger partial charge on any atom is 0.151 e. The third kappa shape index (κ3) is 2.79. The lowest BCUT2D eigenvalue weighted by Gasteiger charge is -2.30. The first-order valence-corrected chi connectivity index (χ1v) is 7.06. The Morgan fingerprint density at radius 3 is 2.86 bits per heavy atom. The number of carbonyl (C=O) groups is 1. The second-order valence-electron chi connectivity index (χ2n) is 5.17. The van der Waals surface area contributed by atoms with Crippen LogP contribution < -0.4 is 16.2 Å². The third-order valence-electron chi connectivity index (χ3n) is 3.74. The highest BCUT2D eigenvalue weighted by Gasteiger charge is 2.19. The van der Waals surface area contributed by atoms with Crippen molar-refractivity contribution >= 4 is 17.8 Å². The van der Waals surface area contributed by atoms with Crippen LogP contribution >= 0.6 is 0 Å². The first-order valence-electron chi connectivity index (χ1n) is 7.06. The maximum absolute atomic E-state index is 10.9. The van der Waals surface area contributed by atoms with Gasteiger partial charge in [-0.3, -0.25) is 16.1 Å². The second kappa shape index (κ2) is 6.03. The fourth-order valence-corrected chi connectivity index (χ4v) is 2.71. The smallest absolute Gasteiger partial charge is 0.151 e. The molecule has 2 heterocycles. The summed E-state index contributed by atoms with van der Waals surface area (Å²) in [5.74, 6) is 6.29. The van der Waals surface area contributed by atoms with E-state index in [1.54, 1.807) is 6.20 Å². The molecule has 108 valence electrons. The largest absolute Gasteiger partial charge is 0.326 e. The summed E-state index contributed by atoms with van der Waals surface area (Å²) in [4.78, 5) is 17.5. The Kier molecular flexibility index (Phi) is 3.94. The Balaban J connectivity index is 1.92. The standard InChI is InChI=1S/C16H18N4O/c17-19-10-12-3-5-15(6-4-12)20-7-1-2-14-8-13(11-21)9-18-16(14)20/h3-6,8-9,11,19H,1-2,7,10,17H2. The number of aryl methyl sites for hydroxylation is 1. The molecule has 1 aromatic carbocycles. The number of pyridine rings is 1. The predicted molar refractivity (Wildman–Crippen MR) is 82.4 cm³/mol. The number of aromatic nitrogens is 1. The molecule has 2 aromatic rings. The van der Waals surface area contributed by atoms with Crippen LogP contribution in [0.15, 0.2) is 36.5 Å². The van der Waals surface area contributed by atoms with E-state index in [-0.39, 0.29) is 0 Å². The number of fused-ring (bicyclic) bond motifs is 1. The van der Waals surface area contributed by atoms with Gasteiger partial charge in [-0.1, -0.05) is 12.1 Å². The van der Waals surface area contributed by atoms with E-state index in [2.05, 4.69) is 39.6 Å². The molecule has 0 radical (unpaired) electrons. The van der Waals surface area contributed by atoms with E-state index < -0.39 is 0 Å². The summed E-state index contributed by atoms with van der Waals surface area (Å²) in [6.07, 6.45) is 4.51. The highest BCUT2D eigenvalue weighted by atomic mass is 16.1. The number of hydrogen-bond acceptors (Lipinski definition) is 5. The molecule has 0 spiro atoms. The molecule has 0 saturated carbocycles. The van der Waals surface area contributed by atoms with Crippen molar-refractivity contribution in [3.63, 3.8) is 0 Å². The minimum absolute atomic E-state index is 0.639. The zero-order valence-corrected chi connectivity index (χ0v) is 11.7. The summed E-state index contributed by atoms with van der Waals surface area (Å²) in [5, 5.41) is 0. The van der Waals surface area contributed by atoms with Gasteiger partial charge in [-0.25, -0.2) is 4.98 Å². The molecule has 1 aliphatic rings. The van der Waals surface area contributed by atoms with Crippen LogP contribution in [0.3, 0.4) is 0 Å². The SMILES string of the molecule is NNCc1ccc(N2CCCc3cc(C=O)cnc32)cc1. The highest BCUT2D eigenvalue weighted by Crippen LogP contribution is 2.31. The number of benzene rings is 1. The fraction of sp³-hybridized carbons (Fsp3) is 0.250. The summed E-state index contributed by atoms with van der Waals surface area (Å²) >= 11 is 0. The van der Waals surface area contributed by atoms with E-state index in [4.69, 9.17) is 5.84 Å². The molecule has 1 aromatic heterocycles. The molecule has 0 aliphatic carbocycles. The van der Waals surface area contributed by atoms with E-state index >= 15 is 0 Å². The number of rotatable bonds is 4. The van der Waals surface area contributed by atoms with Gasteiger partial charge in [0.15, 0.2) is 6.29 Å². The highest BCUT2D eigenvalue weighted by molar-refractivity contribution is 5.76. The van der Waals surface area contributed by atoms with Gasteiger partial charge in [-0.15, -0.1) is 0 Å². The second-order valence-corrected chi connectivity index (χ2v) is 5.17. The molecular formula is C16H18N4O. The van der Waals surface area contributed by atoms with Crippen molar-refractivity contribution in [3.05, 3.63) is 53.2 Å². The molecule has 5 nitrogen and oxygen atoms in total. The molecule has 0 bridgehead atoms. The summed E-state index contributed by atoms with van der Waals surface area (Å²) in [6, 6.07) is 10.2. The van der Waals surface area contributed by atoms with E-state index in [0.29, 0.717) is 12.1 Å². The van der Waals surface area contributed by atoms with E-state index in [0.717, 1.165) is 48.3 Å². The van der Waals surface area contributed by atoms with Crippen molar-refractivity contribution in [2.75, 3.05) is 11.4 Å². The van der Waals surface area contributed by atoms with Crippen molar-refractivity contribution in [2.45, 2.75) is 19.4 Å². The van der Waals surface area contributed by atoms with Crippen LogP contribution in [-0.2, 0) is 13.0 Å². The zero-order chi connectivity index (χ0) is 14.7. The van der Waals surface area contributed by atoms with Gasteiger partial charge in [0.1, 0.15) is 5.82 Å². The van der Waals surface area contributed by atoms with Gasteiger partial charge in [0.25, 0.3) is 0 Å². The minimum atomic E-state index is 0.639. The lowest BCUT2D eigenvalue weighted by molar-refractivity contribution is 0.112. The molecule has 0 atom stereocenters. The van der Waals surface area contributed by atoms with E-state index in [1.165, 1.54) is 0 Å². The van der Waals surface area contributed by atoms with Gasteiger partial charge in [-0.2, -0.15) is 0 Å². The number of aldehydes is 1. The van der Waals surface area contributed by atoms with Crippen LogP contribution in [0.4, 0.5) is 11.5 Å². The topological polar surface area (TPSA) is 71.2 Å². The lowest BCUT2D eigenvalue weighted by atomic mass is 10.0. The Hall–Kier alpha value is -2.24. The summed E-state index contributed by atoms with van der Waals surface area (Å²) in [7, 11) is 0. The average molecular weight is 282 g/mol. The first-order chi connectivity index (χ1) is 10.3. The van der Waals surface area contributed by atoms with Gasteiger partial charge < -0.3 is 4.90 Å². The molecule has 21 heavy (non-hydrogen) atoms. The van der Waals surface area contributed by atoms with Crippen LogP contribution in [0.2, 0.25) is 0 Å². The molecule has 0 fully saturated rings. The normalized spacial score (nSPS) is 13.9. The van der Waals surface area contributed by atoms with Crippen molar-refractivity contribution < 1.29 is 4.79 Å².